The molecule has 3 heterocycles. The van der Waals surface area contributed by atoms with Crippen LogP contribution in [0.1, 0.15) is 26.7 Å². The van der Waals surface area contributed by atoms with E-state index in [0.29, 0.717) is 0 Å². The Morgan fingerprint density at radius 3 is 3.11 bits per heavy atom. The summed E-state index contributed by atoms with van der Waals surface area (Å²) in [5.74, 6) is 0.931. The van der Waals surface area contributed by atoms with Crippen LogP contribution >= 0.6 is 0 Å². The smallest absolute Gasteiger partial charge is 0.142 e. The minimum atomic E-state index is 0.136. The van der Waals surface area contributed by atoms with Crippen LogP contribution in [-0.4, -0.2) is 39.3 Å². The molecule has 2 aromatic rings. The predicted octanol–water partition coefficient (Wildman–Crippen LogP) is 1.95. The molecule has 1 aliphatic rings. The zero-order chi connectivity index (χ0) is 13.5. The van der Waals surface area contributed by atoms with Crippen LogP contribution in [0, 0.1) is 5.41 Å². The summed E-state index contributed by atoms with van der Waals surface area (Å²) in [5.41, 5.74) is 1.14. The second kappa shape index (κ2) is 4.49. The second-order valence-corrected chi connectivity index (χ2v) is 6.09. The lowest BCUT2D eigenvalue weighted by Gasteiger charge is -2.43. The minimum Gasteiger partial charge on any atom is -0.394 e. The van der Waals surface area contributed by atoms with Crippen molar-refractivity contribution in [2.45, 2.75) is 32.7 Å². The van der Waals surface area contributed by atoms with Crippen molar-refractivity contribution in [3.63, 3.8) is 0 Å². The number of aromatic nitrogens is 3. The average molecular weight is 260 g/mol. The SMILES string of the molecule is CC1(C)CCN(c2ncnc3[nH]ccc23)C(CO)C1. The summed E-state index contributed by atoms with van der Waals surface area (Å²) in [6.45, 7) is 5.62. The number of aromatic amines is 1. The quantitative estimate of drug-likeness (QED) is 0.866. The summed E-state index contributed by atoms with van der Waals surface area (Å²) in [7, 11) is 0. The van der Waals surface area contributed by atoms with Crippen molar-refractivity contribution in [3.05, 3.63) is 18.6 Å². The van der Waals surface area contributed by atoms with Gasteiger partial charge in [0, 0.05) is 12.7 Å². The monoisotopic (exact) mass is 260 g/mol. The highest BCUT2D eigenvalue weighted by Crippen LogP contribution is 2.37. The van der Waals surface area contributed by atoms with Crippen molar-refractivity contribution in [1.82, 2.24) is 15.0 Å². The molecule has 1 fully saturated rings. The Balaban J connectivity index is 1.99. The molecule has 0 amide bonds. The van der Waals surface area contributed by atoms with Gasteiger partial charge in [0.25, 0.3) is 0 Å². The molecule has 2 N–H and O–H groups in total. The number of fused-ring (bicyclic) bond motifs is 1. The Kier molecular flexibility index (Phi) is 2.93. The molecule has 1 aliphatic heterocycles. The lowest BCUT2D eigenvalue weighted by atomic mass is 9.79. The zero-order valence-corrected chi connectivity index (χ0v) is 11.4. The molecule has 2 aromatic heterocycles. The predicted molar refractivity (Wildman–Crippen MR) is 75.1 cm³/mol. The summed E-state index contributed by atoms with van der Waals surface area (Å²) in [5, 5.41) is 10.7. The molecule has 0 bridgehead atoms. The van der Waals surface area contributed by atoms with E-state index in [4.69, 9.17) is 0 Å². The number of nitrogens with zero attached hydrogens (tertiary/aromatic N) is 3. The molecule has 5 nitrogen and oxygen atoms in total. The first-order chi connectivity index (χ1) is 9.11. The number of piperidine rings is 1. The molecule has 3 rings (SSSR count). The van der Waals surface area contributed by atoms with Gasteiger partial charge in [-0.05, 0) is 24.3 Å². The van der Waals surface area contributed by atoms with Gasteiger partial charge in [-0.1, -0.05) is 13.8 Å². The molecule has 1 saturated heterocycles. The number of H-pyrrole nitrogens is 1. The van der Waals surface area contributed by atoms with E-state index in [0.717, 1.165) is 36.2 Å². The van der Waals surface area contributed by atoms with Gasteiger partial charge in [0.05, 0.1) is 18.0 Å². The van der Waals surface area contributed by atoms with Crippen molar-refractivity contribution in [2.75, 3.05) is 18.1 Å². The van der Waals surface area contributed by atoms with E-state index < -0.39 is 0 Å². The van der Waals surface area contributed by atoms with Gasteiger partial charge >= 0.3 is 0 Å². The number of rotatable bonds is 2. The molecule has 0 aliphatic carbocycles. The fourth-order valence-corrected chi connectivity index (χ4v) is 2.99. The van der Waals surface area contributed by atoms with Crippen LogP contribution in [0.3, 0.4) is 0 Å². The Morgan fingerprint density at radius 1 is 1.47 bits per heavy atom. The highest BCUT2D eigenvalue weighted by Gasteiger charge is 2.34. The van der Waals surface area contributed by atoms with Gasteiger partial charge in [0.1, 0.15) is 17.8 Å². The summed E-state index contributed by atoms with van der Waals surface area (Å²) < 4.78 is 0. The van der Waals surface area contributed by atoms with Gasteiger partial charge in [-0.2, -0.15) is 0 Å². The van der Waals surface area contributed by atoms with Gasteiger partial charge in [-0.3, -0.25) is 0 Å². The Morgan fingerprint density at radius 2 is 2.32 bits per heavy atom. The molecule has 0 aromatic carbocycles. The van der Waals surface area contributed by atoms with E-state index in [2.05, 4.69) is 33.7 Å². The van der Waals surface area contributed by atoms with E-state index in [9.17, 15) is 5.11 Å². The first kappa shape index (κ1) is 12.4. The van der Waals surface area contributed by atoms with Gasteiger partial charge in [0.2, 0.25) is 0 Å². The Bertz CT molecular complexity index is 578. The molecule has 102 valence electrons. The van der Waals surface area contributed by atoms with E-state index >= 15 is 0 Å². The maximum Gasteiger partial charge on any atom is 0.142 e. The number of anilines is 1. The number of hydrogen-bond donors (Lipinski definition) is 2. The van der Waals surface area contributed by atoms with Crippen LogP contribution < -0.4 is 4.90 Å². The molecule has 5 heteroatoms. The summed E-state index contributed by atoms with van der Waals surface area (Å²) >= 11 is 0. The number of aliphatic hydroxyl groups excluding tert-OH is 1. The average Bonchev–Trinajstić information content (AvgIpc) is 2.86. The Labute approximate surface area is 112 Å². The second-order valence-electron chi connectivity index (χ2n) is 6.09. The van der Waals surface area contributed by atoms with Crippen LogP contribution in [0.2, 0.25) is 0 Å². The fraction of sp³-hybridized carbons (Fsp3) is 0.571. The van der Waals surface area contributed by atoms with Crippen molar-refractivity contribution in [2.24, 2.45) is 5.41 Å². The van der Waals surface area contributed by atoms with Gasteiger partial charge < -0.3 is 15.0 Å². The summed E-state index contributed by atoms with van der Waals surface area (Å²) in [6, 6.07) is 2.13. The number of nitrogens with one attached hydrogen (secondary N) is 1. The molecule has 0 saturated carbocycles. The number of aliphatic hydroxyl groups is 1. The lowest BCUT2D eigenvalue weighted by molar-refractivity contribution is 0.172. The van der Waals surface area contributed by atoms with Crippen LogP contribution in [0.4, 0.5) is 5.82 Å². The molecular formula is C14H20N4O. The van der Waals surface area contributed by atoms with Crippen molar-refractivity contribution in [3.8, 4) is 0 Å². The van der Waals surface area contributed by atoms with Crippen molar-refractivity contribution >= 4 is 16.9 Å². The molecule has 19 heavy (non-hydrogen) atoms. The van der Waals surface area contributed by atoms with Gasteiger partial charge in [0.15, 0.2) is 0 Å². The van der Waals surface area contributed by atoms with Crippen LogP contribution in [0.25, 0.3) is 11.0 Å². The Hall–Kier alpha value is -1.62. The van der Waals surface area contributed by atoms with Gasteiger partial charge in [-0.15, -0.1) is 0 Å². The van der Waals surface area contributed by atoms with Crippen molar-refractivity contribution in [1.29, 1.82) is 0 Å². The van der Waals surface area contributed by atoms with E-state index in [1.807, 2.05) is 12.3 Å². The molecule has 0 radical (unpaired) electrons. The standard InChI is InChI=1S/C14H20N4O/c1-14(2)4-6-18(10(7-14)8-19)13-11-3-5-15-12(11)16-9-17-13/h3,5,9-10,19H,4,6-8H2,1-2H3,(H,15,16,17). The largest absolute Gasteiger partial charge is 0.394 e. The van der Waals surface area contributed by atoms with Crippen LogP contribution in [0.15, 0.2) is 18.6 Å². The molecule has 1 unspecified atom stereocenters. The van der Waals surface area contributed by atoms with Crippen LogP contribution in [-0.2, 0) is 0 Å². The summed E-state index contributed by atoms with van der Waals surface area (Å²) in [4.78, 5) is 14.0. The topological polar surface area (TPSA) is 65.0 Å². The molecular weight excluding hydrogens is 240 g/mol. The molecule has 0 spiro atoms. The summed E-state index contributed by atoms with van der Waals surface area (Å²) in [6.07, 6.45) is 5.56. The fourth-order valence-electron chi connectivity index (χ4n) is 2.99. The van der Waals surface area contributed by atoms with Crippen molar-refractivity contribution < 1.29 is 5.11 Å². The van der Waals surface area contributed by atoms with E-state index in [-0.39, 0.29) is 18.1 Å². The third kappa shape index (κ3) is 2.18. The third-order valence-electron chi connectivity index (χ3n) is 4.07. The minimum absolute atomic E-state index is 0.136. The van der Waals surface area contributed by atoms with Crippen LogP contribution in [0.5, 0.6) is 0 Å². The first-order valence-electron chi connectivity index (χ1n) is 6.76. The highest BCUT2D eigenvalue weighted by molar-refractivity contribution is 5.87. The highest BCUT2D eigenvalue weighted by atomic mass is 16.3. The van der Waals surface area contributed by atoms with Gasteiger partial charge in [-0.25, -0.2) is 9.97 Å². The third-order valence-corrected chi connectivity index (χ3v) is 4.07. The maximum absolute atomic E-state index is 9.68. The maximum atomic E-state index is 9.68. The number of hydrogen-bond acceptors (Lipinski definition) is 4. The lowest BCUT2D eigenvalue weighted by Crippen LogP contribution is -2.47. The van der Waals surface area contributed by atoms with E-state index in [1.54, 1.807) is 6.33 Å². The van der Waals surface area contributed by atoms with E-state index in [1.165, 1.54) is 0 Å². The zero-order valence-electron chi connectivity index (χ0n) is 11.4. The normalized spacial score (nSPS) is 22.9. The molecule has 1 atom stereocenters. The first-order valence-corrected chi connectivity index (χ1v) is 6.76.